The molecule has 0 saturated carbocycles. The van der Waals surface area contributed by atoms with Crippen molar-refractivity contribution in [1.82, 2.24) is 14.7 Å². The summed E-state index contributed by atoms with van der Waals surface area (Å²) in [4.78, 5) is 5.69. The highest BCUT2D eigenvalue weighted by molar-refractivity contribution is 9.10. The van der Waals surface area contributed by atoms with E-state index in [0.29, 0.717) is 0 Å². The third-order valence-corrected chi connectivity index (χ3v) is 4.68. The summed E-state index contributed by atoms with van der Waals surface area (Å²) in [6.07, 6.45) is 5.03. The fourth-order valence-corrected chi connectivity index (χ4v) is 3.49. The smallest absolute Gasteiger partial charge is 0.193 e. The van der Waals surface area contributed by atoms with Crippen molar-refractivity contribution >= 4 is 32.2 Å². The second-order valence-electron chi connectivity index (χ2n) is 4.39. The van der Waals surface area contributed by atoms with Gasteiger partial charge in [0.1, 0.15) is 0 Å². The fraction of sp³-hybridized carbons (Fsp3) is 0.214. The van der Waals surface area contributed by atoms with Gasteiger partial charge in [-0.25, -0.2) is 4.98 Å². The molecule has 2 heterocycles. The molecular weight excluding hydrogens is 322 g/mol. The maximum atomic E-state index is 4.64. The van der Waals surface area contributed by atoms with Crippen molar-refractivity contribution in [3.8, 4) is 0 Å². The molecule has 0 saturated heterocycles. The van der Waals surface area contributed by atoms with Crippen LogP contribution in [-0.2, 0) is 6.42 Å². The van der Waals surface area contributed by atoms with Crippen molar-refractivity contribution in [2.24, 2.45) is 0 Å². The zero-order valence-electron chi connectivity index (χ0n) is 10.5. The van der Waals surface area contributed by atoms with Gasteiger partial charge >= 0.3 is 0 Å². The molecule has 1 aromatic carbocycles. The number of fused-ring (bicyclic) bond motifs is 1. The molecule has 0 aliphatic carbocycles. The number of hydrogen-bond acceptors (Lipinski definition) is 3. The summed E-state index contributed by atoms with van der Waals surface area (Å²) in [5.74, 6) is 0. The Kier molecular flexibility index (Phi) is 3.68. The standard InChI is InChI=1S/C14H14BrN3S/c1-16-13(11-4-2-3-5-12(11)15)8-10-9-18-6-7-19-14(18)17-10/h2-7,9,13,16H,8H2,1H3. The van der Waals surface area contributed by atoms with Crippen LogP contribution >= 0.6 is 27.3 Å². The minimum Gasteiger partial charge on any atom is -0.313 e. The van der Waals surface area contributed by atoms with E-state index in [-0.39, 0.29) is 6.04 Å². The molecule has 0 aliphatic rings. The molecule has 1 atom stereocenters. The maximum absolute atomic E-state index is 4.64. The van der Waals surface area contributed by atoms with Crippen LogP contribution in [0.2, 0.25) is 0 Å². The lowest BCUT2D eigenvalue weighted by molar-refractivity contribution is 0.584. The quantitative estimate of drug-likeness (QED) is 0.788. The Morgan fingerprint density at radius 1 is 1.42 bits per heavy atom. The monoisotopic (exact) mass is 335 g/mol. The van der Waals surface area contributed by atoms with E-state index in [1.807, 2.05) is 19.3 Å². The van der Waals surface area contributed by atoms with Gasteiger partial charge in [0, 0.05) is 34.7 Å². The lowest BCUT2D eigenvalue weighted by Gasteiger charge is -2.16. The predicted octanol–water partition coefficient (Wildman–Crippen LogP) is 3.66. The number of nitrogens with zero attached hydrogens (tertiary/aromatic N) is 2. The zero-order valence-corrected chi connectivity index (χ0v) is 12.9. The van der Waals surface area contributed by atoms with Crippen LogP contribution in [0.3, 0.4) is 0 Å². The van der Waals surface area contributed by atoms with Crippen molar-refractivity contribution in [2.45, 2.75) is 12.5 Å². The Morgan fingerprint density at radius 3 is 3.00 bits per heavy atom. The first-order valence-electron chi connectivity index (χ1n) is 6.10. The lowest BCUT2D eigenvalue weighted by Crippen LogP contribution is -2.19. The third-order valence-electron chi connectivity index (χ3n) is 3.19. The van der Waals surface area contributed by atoms with E-state index in [9.17, 15) is 0 Å². The summed E-state index contributed by atoms with van der Waals surface area (Å²) in [5, 5.41) is 5.42. The highest BCUT2D eigenvalue weighted by atomic mass is 79.9. The van der Waals surface area contributed by atoms with Crippen molar-refractivity contribution < 1.29 is 0 Å². The van der Waals surface area contributed by atoms with Gasteiger partial charge < -0.3 is 5.32 Å². The van der Waals surface area contributed by atoms with Gasteiger partial charge in [-0.05, 0) is 18.7 Å². The molecule has 5 heteroatoms. The molecule has 1 unspecified atom stereocenters. The van der Waals surface area contributed by atoms with E-state index < -0.39 is 0 Å². The number of aromatic nitrogens is 2. The first-order chi connectivity index (χ1) is 9.28. The summed E-state index contributed by atoms with van der Waals surface area (Å²) >= 11 is 5.28. The first kappa shape index (κ1) is 12.8. The number of likely N-dealkylation sites (N-methyl/N-ethyl adjacent to an activating group) is 1. The Balaban J connectivity index is 1.87. The number of hydrogen-bond donors (Lipinski definition) is 1. The number of imidazole rings is 1. The summed E-state index contributed by atoms with van der Waals surface area (Å²) in [6, 6.07) is 8.58. The van der Waals surface area contributed by atoms with Crippen LogP contribution in [-0.4, -0.2) is 16.4 Å². The molecule has 0 bridgehead atoms. The van der Waals surface area contributed by atoms with Gasteiger partial charge in [-0.1, -0.05) is 34.1 Å². The summed E-state index contributed by atoms with van der Waals surface area (Å²) in [5.41, 5.74) is 2.38. The fourth-order valence-electron chi connectivity index (χ4n) is 2.21. The number of benzene rings is 1. The van der Waals surface area contributed by atoms with E-state index in [0.717, 1.165) is 21.5 Å². The van der Waals surface area contributed by atoms with Crippen molar-refractivity contribution in [2.75, 3.05) is 7.05 Å². The zero-order chi connectivity index (χ0) is 13.2. The summed E-state index contributed by atoms with van der Waals surface area (Å²) in [7, 11) is 1.99. The van der Waals surface area contributed by atoms with Crippen LogP contribution in [0.25, 0.3) is 4.96 Å². The Bertz CT molecular complexity index is 660. The third kappa shape index (κ3) is 2.59. The highest BCUT2D eigenvalue weighted by Crippen LogP contribution is 2.26. The first-order valence-corrected chi connectivity index (χ1v) is 7.78. The molecular formula is C14H14BrN3S. The Hall–Kier alpha value is -1.17. The van der Waals surface area contributed by atoms with Gasteiger partial charge in [-0.2, -0.15) is 0 Å². The van der Waals surface area contributed by atoms with Crippen LogP contribution in [0.1, 0.15) is 17.3 Å². The van der Waals surface area contributed by atoms with Gasteiger partial charge in [0.05, 0.1) is 5.69 Å². The summed E-state index contributed by atoms with van der Waals surface area (Å²) in [6.45, 7) is 0. The topological polar surface area (TPSA) is 29.3 Å². The number of thiazole rings is 1. The minimum atomic E-state index is 0.264. The van der Waals surface area contributed by atoms with Crippen LogP contribution in [0, 0.1) is 0 Å². The molecule has 0 radical (unpaired) electrons. The second kappa shape index (κ2) is 5.45. The van der Waals surface area contributed by atoms with Crippen molar-refractivity contribution in [3.05, 3.63) is 57.8 Å². The molecule has 98 valence electrons. The SMILES string of the molecule is CNC(Cc1cn2ccsc2n1)c1ccccc1Br. The van der Waals surface area contributed by atoms with E-state index in [2.05, 4.69) is 60.4 Å². The van der Waals surface area contributed by atoms with E-state index >= 15 is 0 Å². The largest absolute Gasteiger partial charge is 0.313 e. The van der Waals surface area contributed by atoms with Gasteiger partial charge in [0.25, 0.3) is 0 Å². The van der Waals surface area contributed by atoms with Gasteiger partial charge in [0.2, 0.25) is 0 Å². The molecule has 0 fully saturated rings. The number of halogens is 1. The van der Waals surface area contributed by atoms with Crippen LogP contribution < -0.4 is 5.32 Å². The maximum Gasteiger partial charge on any atom is 0.193 e. The second-order valence-corrected chi connectivity index (χ2v) is 6.12. The molecule has 0 amide bonds. The van der Waals surface area contributed by atoms with E-state index in [1.54, 1.807) is 11.3 Å². The Labute approximate surface area is 124 Å². The Morgan fingerprint density at radius 2 is 2.26 bits per heavy atom. The molecule has 19 heavy (non-hydrogen) atoms. The van der Waals surface area contributed by atoms with Crippen LogP contribution in [0.4, 0.5) is 0 Å². The van der Waals surface area contributed by atoms with Crippen LogP contribution in [0.15, 0.2) is 46.5 Å². The predicted molar refractivity (Wildman–Crippen MR) is 82.7 cm³/mol. The number of nitrogens with one attached hydrogen (secondary N) is 1. The average Bonchev–Trinajstić information content (AvgIpc) is 2.97. The molecule has 0 aliphatic heterocycles. The normalized spacial score (nSPS) is 12.9. The minimum absolute atomic E-state index is 0.264. The van der Waals surface area contributed by atoms with Gasteiger partial charge in [-0.3, -0.25) is 4.40 Å². The van der Waals surface area contributed by atoms with E-state index in [1.165, 1.54) is 5.56 Å². The van der Waals surface area contributed by atoms with Crippen LogP contribution in [0.5, 0.6) is 0 Å². The summed E-state index contributed by atoms with van der Waals surface area (Å²) < 4.78 is 3.21. The van der Waals surface area contributed by atoms with Crippen molar-refractivity contribution in [1.29, 1.82) is 0 Å². The van der Waals surface area contributed by atoms with E-state index in [4.69, 9.17) is 0 Å². The number of rotatable bonds is 4. The average molecular weight is 336 g/mol. The molecule has 1 N–H and O–H groups in total. The lowest BCUT2D eigenvalue weighted by atomic mass is 10.0. The van der Waals surface area contributed by atoms with Gasteiger partial charge in [-0.15, -0.1) is 11.3 Å². The molecule has 3 nitrogen and oxygen atoms in total. The van der Waals surface area contributed by atoms with Gasteiger partial charge in [0.15, 0.2) is 4.96 Å². The molecule has 2 aromatic heterocycles. The highest BCUT2D eigenvalue weighted by Gasteiger charge is 2.15. The molecule has 0 spiro atoms. The molecule has 3 rings (SSSR count). The van der Waals surface area contributed by atoms with Crippen molar-refractivity contribution in [3.63, 3.8) is 0 Å². The molecule has 3 aromatic rings.